The predicted molar refractivity (Wildman–Crippen MR) is 117 cm³/mol. The van der Waals surface area contributed by atoms with Crippen LogP contribution in [0.2, 0.25) is 0 Å². The van der Waals surface area contributed by atoms with Gasteiger partial charge in [0.2, 0.25) is 5.91 Å². The van der Waals surface area contributed by atoms with Crippen LogP contribution < -0.4 is 5.73 Å². The molecule has 1 saturated heterocycles. The van der Waals surface area contributed by atoms with Gasteiger partial charge >= 0.3 is 10.1 Å². The number of carbonyl (C=O) groups excluding carboxylic acids is 2. The zero-order valence-corrected chi connectivity index (χ0v) is 19.3. The third kappa shape index (κ3) is 4.81. The smallest absolute Gasteiger partial charge is 0.307 e. The highest BCUT2D eigenvalue weighted by molar-refractivity contribution is 7.89. The second-order valence-corrected chi connectivity index (χ2v) is 11.6. The Labute approximate surface area is 187 Å². The van der Waals surface area contributed by atoms with Crippen molar-refractivity contribution in [3.8, 4) is 0 Å². The summed E-state index contributed by atoms with van der Waals surface area (Å²) in [4.78, 5) is 29.7. The van der Waals surface area contributed by atoms with Crippen molar-refractivity contribution in [1.29, 1.82) is 0 Å². The molecule has 0 spiro atoms. The fraction of sp³-hybridized carbons (Fsp3) is 0.714. The average molecular weight is 470 g/mol. The largest absolute Gasteiger partial charge is 0.367 e. The summed E-state index contributed by atoms with van der Waals surface area (Å²) in [5, 5.41) is 1.63. The quantitative estimate of drug-likeness (QED) is 0.638. The number of piperazine rings is 1. The lowest BCUT2D eigenvalue weighted by molar-refractivity contribution is -0.145. The molecule has 0 bridgehead atoms. The summed E-state index contributed by atoms with van der Waals surface area (Å²) in [7, 11) is -4.08. The fourth-order valence-corrected chi connectivity index (χ4v) is 7.38. The van der Waals surface area contributed by atoms with E-state index < -0.39 is 21.6 Å². The van der Waals surface area contributed by atoms with Gasteiger partial charge in [0.15, 0.2) is 5.60 Å². The van der Waals surface area contributed by atoms with E-state index in [-0.39, 0.29) is 28.9 Å². The molecule has 1 aromatic rings. The number of amides is 2. The van der Waals surface area contributed by atoms with E-state index in [1.54, 1.807) is 11.4 Å². The second kappa shape index (κ2) is 9.17. The summed E-state index contributed by atoms with van der Waals surface area (Å²) < 4.78 is 30.6. The van der Waals surface area contributed by atoms with E-state index in [9.17, 15) is 18.0 Å². The van der Waals surface area contributed by atoms with E-state index >= 15 is 0 Å². The Morgan fingerprint density at radius 1 is 1.06 bits per heavy atom. The van der Waals surface area contributed by atoms with E-state index in [1.165, 1.54) is 31.7 Å². The molecule has 2 heterocycles. The van der Waals surface area contributed by atoms with Crippen LogP contribution in [0.15, 0.2) is 21.7 Å². The maximum atomic E-state index is 13.1. The van der Waals surface area contributed by atoms with Gasteiger partial charge in [0.05, 0.1) is 0 Å². The van der Waals surface area contributed by atoms with Gasteiger partial charge in [0.25, 0.3) is 5.91 Å². The van der Waals surface area contributed by atoms with E-state index in [0.29, 0.717) is 18.9 Å². The topological polar surface area (TPSA) is 110 Å². The molecule has 0 aromatic carbocycles. The Morgan fingerprint density at radius 2 is 1.71 bits per heavy atom. The molecule has 31 heavy (non-hydrogen) atoms. The third-order valence-corrected chi connectivity index (χ3v) is 9.80. The van der Waals surface area contributed by atoms with Crippen LogP contribution in [0.25, 0.3) is 0 Å². The molecule has 1 aromatic heterocycles. The van der Waals surface area contributed by atoms with Crippen molar-refractivity contribution >= 4 is 33.3 Å². The molecular formula is C21H31N3O5S2. The zero-order valence-electron chi connectivity index (χ0n) is 17.7. The van der Waals surface area contributed by atoms with Gasteiger partial charge < -0.3 is 10.6 Å². The molecule has 172 valence electrons. The van der Waals surface area contributed by atoms with Gasteiger partial charge in [-0.3, -0.25) is 14.5 Å². The van der Waals surface area contributed by atoms with Crippen molar-refractivity contribution in [1.82, 2.24) is 9.80 Å². The van der Waals surface area contributed by atoms with Gasteiger partial charge in [0.1, 0.15) is 4.21 Å². The molecule has 1 aliphatic heterocycles. The number of rotatable bonds is 6. The van der Waals surface area contributed by atoms with Gasteiger partial charge in [-0.05, 0) is 50.0 Å². The van der Waals surface area contributed by atoms with Crippen LogP contribution >= 0.6 is 11.3 Å². The summed E-state index contributed by atoms with van der Waals surface area (Å²) in [5.41, 5.74) is 3.99. The molecule has 8 nitrogen and oxygen atoms in total. The Bertz CT molecular complexity index is 880. The first-order valence-corrected chi connectivity index (χ1v) is 13.4. The molecule has 3 fully saturated rings. The summed E-state index contributed by atoms with van der Waals surface area (Å²) >= 11 is 1.03. The predicted octanol–water partition coefficient (Wildman–Crippen LogP) is 1.95. The van der Waals surface area contributed by atoms with Crippen LogP contribution in [0.5, 0.6) is 0 Å². The number of nitrogens with zero attached hydrogens (tertiary/aromatic N) is 2. The van der Waals surface area contributed by atoms with Crippen LogP contribution in [0.1, 0.15) is 51.4 Å². The lowest BCUT2D eigenvalue weighted by atomic mass is 9.78. The SMILES string of the molecule is NC(=O)C1(OS(=O)(=O)c2cccs2)CCC(C(=O)N2CCN(C3CCCC3)CC2)CC1. The highest BCUT2D eigenvalue weighted by Crippen LogP contribution is 2.38. The molecule has 0 atom stereocenters. The van der Waals surface area contributed by atoms with Crippen molar-refractivity contribution in [3.05, 3.63) is 17.5 Å². The number of thiophene rings is 1. The molecule has 4 rings (SSSR count). The first-order chi connectivity index (χ1) is 14.8. The monoisotopic (exact) mass is 469 g/mol. The standard InChI is InChI=1S/C21H31N3O5S2/c22-20(26)21(29-31(27,28)18-6-3-15-30-18)9-7-16(8-10-21)19(25)24-13-11-23(12-14-24)17-4-1-2-5-17/h3,6,15-17H,1-2,4-5,7-14H2,(H2,22,26). The van der Waals surface area contributed by atoms with Gasteiger partial charge in [0, 0.05) is 38.1 Å². The normalized spacial score (nSPS) is 28.6. The van der Waals surface area contributed by atoms with Crippen molar-refractivity contribution < 1.29 is 22.2 Å². The van der Waals surface area contributed by atoms with Crippen LogP contribution in [0.3, 0.4) is 0 Å². The minimum Gasteiger partial charge on any atom is -0.367 e. The zero-order chi connectivity index (χ0) is 22.1. The van der Waals surface area contributed by atoms with Gasteiger partial charge in [-0.1, -0.05) is 18.9 Å². The van der Waals surface area contributed by atoms with Crippen molar-refractivity contribution in [2.24, 2.45) is 11.7 Å². The molecule has 2 amide bonds. The number of nitrogens with two attached hydrogens (primary N) is 1. The summed E-state index contributed by atoms with van der Waals surface area (Å²) in [6.07, 6.45) is 6.18. The summed E-state index contributed by atoms with van der Waals surface area (Å²) in [5.74, 6) is -0.910. The van der Waals surface area contributed by atoms with Crippen LogP contribution in [0, 0.1) is 5.92 Å². The lowest BCUT2D eigenvalue weighted by Crippen LogP contribution is -2.54. The fourth-order valence-electron chi connectivity index (χ4n) is 5.19. The Kier molecular flexibility index (Phi) is 6.71. The van der Waals surface area contributed by atoms with E-state index in [0.717, 1.165) is 37.5 Å². The van der Waals surface area contributed by atoms with Crippen LogP contribution in [0.4, 0.5) is 0 Å². The number of hydrogen-bond acceptors (Lipinski definition) is 7. The molecule has 0 radical (unpaired) electrons. The molecule has 2 N–H and O–H groups in total. The molecule has 3 aliphatic rings. The highest BCUT2D eigenvalue weighted by atomic mass is 32.3. The minimum absolute atomic E-state index is 0.0476. The van der Waals surface area contributed by atoms with Crippen molar-refractivity contribution in [2.75, 3.05) is 26.2 Å². The number of carbonyl (C=O) groups is 2. The molecule has 2 aliphatic carbocycles. The highest BCUT2D eigenvalue weighted by Gasteiger charge is 2.47. The van der Waals surface area contributed by atoms with Crippen molar-refractivity contribution in [3.63, 3.8) is 0 Å². The van der Waals surface area contributed by atoms with Gasteiger partial charge in [-0.25, -0.2) is 4.18 Å². The van der Waals surface area contributed by atoms with E-state index in [1.807, 2.05) is 4.90 Å². The first kappa shape index (κ1) is 22.7. The van der Waals surface area contributed by atoms with Crippen molar-refractivity contribution in [2.45, 2.75) is 67.2 Å². The number of hydrogen-bond donors (Lipinski definition) is 1. The molecule has 2 saturated carbocycles. The van der Waals surface area contributed by atoms with Crippen LogP contribution in [-0.2, 0) is 23.9 Å². The lowest BCUT2D eigenvalue weighted by Gasteiger charge is -2.41. The Hall–Kier alpha value is -1.49. The third-order valence-electron chi connectivity index (χ3n) is 7.07. The van der Waals surface area contributed by atoms with E-state index in [4.69, 9.17) is 9.92 Å². The van der Waals surface area contributed by atoms with Gasteiger partial charge in [-0.2, -0.15) is 8.42 Å². The first-order valence-electron chi connectivity index (χ1n) is 11.1. The summed E-state index contributed by atoms with van der Waals surface area (Å²) in [6, 6.07) is 3.72. The molecule has 10 heteroatoms. The maximum Gasteiger partial charge on any atom is 0.307 e. The Balaban J connectivity index is 1.34. The molecular weight excluding hydrogens is 438 g/mol. The second-order valence-electron chi connectivity index (χ2n) is 8.90. The average Bonchev–Trinajstić information content (AvgIpc) is 3.48. The van der Waals surface area contributed by atoms with Gasteiger partial charge in [-0.15, -0.1) is 11.3 Å². The number of primary amides is 1. The summed E-state index contributed by atoms with van der Waals surface area (Å²) in [6.45, 7) is 3.29. The minimum atomic E-state index is -4.08. The van der Waals surface area contributed by atoms with E-state index in [2.05, 4.69) is 4.90 Å². The maximum absolute atomic E-state index is 13.1. The Morgan fingerprint density at radius 3 is 2.26 bits per heavy atom. The molecule has 0 unspecified atom stereocenters. The van der Waals surface area contributed by atoms with Crippen LogP contribution in [-0.4, -0.2) is 67.9 Å².